The minimum atomic E-state index is -0.470. The van der Waals surface area contributed by atoms with Gasteiger partial charge in [0.05, 0.1) is 5.39 Å². The van der Waals surface area contributed by atoms with Crippen molar-refractivity contribution in [2.75, 3.05) is 6.54 Å². The molecule has 0 fully saturated rings. The molecular formula is C18H23NO3. The second kappa shape index (κ2) is 8.37. The van der Waals surface area contributed by atoms with Gasteiger partial charge < -0.3 is 9.73 Å². The van der Waals surface area contributed by atoms with Crippen LogP contribution in [-0.2, 0) is 0 Å². The Morgan fingerprint density at radius 3 is 2.64 bits per heavy atom. The largest absolute Gasteiger partial charge is 0.417 e. The molecule has 0 bridgehead atoms. The van der Waals surface area contributed by atoms with Gasteiger partial charge in [-0.3, -0.25) is 4.79 Å². The summed E-state index contributed by atoms with van der Waals surface area (Å²) in [6.45, 7) is 2.80. The third-order valence-corrected chi connectivity index (χ3v) is 3.71. The lowest BCUT2D eigenvalue weighted by molar-refractivity contribution is 0.0921. The normalized spacial score (nSPS) is 10.8. The molecule has 1 N–H and O–H groups in total. The van der Waals surface area contributed by atoms with Crippen molar-refractivity contribution in [2.24, 2.45) is 0 Å². The molecular weight excluding hydrogens is 278 g/mol. The number of nitrogens with one attached hydrogen (secondary N) is 1. The molecule has 118 valence electrons. The van der Waals surface area contributed by atoms with E-state index >= 15 is 0 Å². The first-order chi connectivity index (χ1) is 10.7. The van der Waals surface area contributed by atoms with E-state index in [1.807, 2.05) is 6.07 Å². The van der Waals surface area contributed by atoms with Crippen molar-refractivity contribution in [3.05, 3.63) is 46.5 Å². The zero-order chi connectivity index (χ0) is 15.8. The molecule has 0 radical (unpaired) electrons. The summed E-state index contributed by atoms with van der Waals surface area (Å²) in [7, 11) is 0. The molecule has 0 saturated carbocycles. The number of carbonyl (C=O) groups excluding carboxylic acids is 1. The summed E-state index contributed by atoms with van der Waals surface area (Å²) in [5.41, 5.74) is -0.470. The molecule has 4 nitrogen and oxygen atoms in total. The second-order valence-electron chi connectivity index (χ2n) is 5.51. The van der Waals surface area contributed by atoms with Crippen LogP contribution in [0.25, 0.3) is 10.8 Å². The van der Waals surface area contributed by atoms with Gasteiger partial charge in [0.1, 0.15) is 0 Å². The van der Waals surface area contributed by atoms with Gasteiger partial charge in [0.2, 0.25) is 0 Å². The van der Waals surface area contributed by atoms with E-state index in [0.717, 1.165) is 18.2 Å². The third kappa shape index (κ3) is 4.45. The summed E-state index contributed by atoms with van der Waals surface area (Å²) in [5, 5.41) is 4.03. The van der Waals surface area contributed by atoms with Crippen LogP contribution in [0.3, 0.4) is 0 Å². The molecule has 1 amide bonds. The minimum absolute atomic E-state index is 0.0784. The summed E-state index contributed by atoms with van der Waals surface area (Å²) in [5.74, 6) is -0.244. The van der Waals surface area contributed by atoms with E-state index in [2.05, 4.69) is 12.2 Å². The lowest BCUT2D eigenvalue weighted by Gasteiger charge is -2.05. The Kier molecular flexibility index (Phi) is 6.19. The first kappa shape index (κ1) is 16.3. The number of carbonyl (C=O) groups is 1. The predicted molar refractivity (Wildman–Crippen MR) is 88.2 cm³/mol. The zero-order valence-electron chi connectivity index (χ0n) is 13.1. The monoisotopic (exact) mass is 301 g/mol. The summed E-state index contributed by atoms with van der Waals surface area (Å²) < 4.78 is 5.09. The molecule has 4 heteroatoms. The van der Waals surface area contributed by atoms with Gasteiger partial charge in [-0.05, 0) is 23.9 Å². The van der Waals surface area contributed by atoms with Crippen molar-refractivity contribution in [3.8, 4) is 0 Å². The van der Waals surface area contributed by atoms with Crippen LogP contribution in [0.15, 0.2) is 39.5 Å². The maximum absolute atomic E-state index is 12.0. The van der Waals surface area contributed by atoms with Crippen molar-refractivity contribution in [1.29, 1.82) is 0 Å². The summed E-state index contributed by atoms with van der Waals surface area (Å²) in [4.78, 5) is 23.9. The van der Waals surface area contributed by atoms with Gasteiger partial charge in [0, 0.05) is 6.54 Å². The maximum Gasteiger partial charge on any atom is 0.344 e. The van der Waals surface area contributed by atoms with Gasteiger partial charge in [0.25, 0.3) is 5.91 Å². The van der Waals surface area contributed by atoms with Crippen LogP contribution in [0.5, 0.6) is 0 Å². The highest BCUT2D eigenvalue weighted by molar-refractivity contribution is 5.95. The number of amides is 1. The summed E-state index contributed by atoms with van der Waals surface area (Å²) in [6.07, 6.45) is 7.03. The van der Waals surface area contributed by atoms with Crippen molar-refractivity contribution in [3.63, 3.8) is 0 Å². The maximum atomic E-state index is 12.0. The van der Waals surface area contributed by atoms with E-state index in [4.69, 9.17) is 4.42 Å². The lowest BCUT2D eigenvalue weighted by atomic mass is 10.1. The Bertz CT molecular complexity index is 675. The van der Waals surface area contributed by atoms with Gasteiger partial charge in [-0.15, -0.1) is 0 Å². The number of hydrogen-bond acceptors (Lipinski definition) is 3. The number of hydrogen-bond donors (Lipinski definition) is 1. The van der Waals surface area contributed by atoms with Crippen LogP contribution >= 0.6 is 0 Å². The van der Waals surface area contributed by atoms with Crippen molar-refractivity contribution in [1.82, 2.24) is 5.32 Å². The van der Waals surface area contributed by atoms with Crippen LogP contribution in [0, 0.1) is 0 Å². The van der Waals surface area contributed by atoms with Crippen molar-refractivity contribution >= 4 is 16.7 Å². The van der Waals surface area contributed by atoms with E-state index in [9.17, 15) is 9.59 Å². The molecule has 0 aliphatic carbocycles. The molecule has 22 heavy (non-hydrogen) atoms. The molecule has 2 aromatic rings. The average molecular weight is 301 g/mol. The zero-order valence-corrected chi connectivity index (χ0v) is 13.1. The van der Waals surface area contributed by atoms with Crippen LogP contribution in [0.1, 0.15) is 56.0 Å². The molecule has 1 heterocycles. The Morgan fingerprint density at radius 1 is 1.09 bits per heavy atom. The standard InChI is InChI=1S/C18H23NO3/c1-2-3-4-5-6-9-12-19-17(20)16-13-14-10-7-8-11-15(14)18(21)22-16/h7-8,10-11,13H,2-6,9,12H2,1H3,(H,19,20). The van der Waals surface area contributed by atoms with Crippen molar-refractivity contribution in [2.45, 2.75) is 45.4 Å². The van der Waals surface area contributed by atoms with Gasteiger partial charge in [-0.25, -0.2) is 4.79 Å². The predicted octanol–water partition coefficient (Wildman–Crippen LogP) is 3.88. The van der Waals surface area contributed by atoms with E-state index in [-0.39, 0.29) is 11.7 Å². The minimum Gasteiger partial charge on any atom is -0.417 e. The van der Waals surface area contributed by atoms with E-state index in [1.54, 1.807) is 24.3 Å². The first-order valence-corrected chi connectivity index (χ1v) is 8.03. The fraction of sp³-hybridized carbons (Fsp3) is 0.444. The molecule has 1 aromatic carbocycles. The number of unbranched alkanes of at least 4 members (excludes halogenated alkanes) is 5. The fourth-order valence-electron chi connectivity index (χ4n) is 2.44. The first-order valence-electron chi connectivity index (χ1n) is 8.03. The third-order valence-electron chi connectivity index (χ3n) is 3.71. The molecule has 0 atom stereocenters. The summed E-state index contributed by atoms with van der Waals surface area (Å²) >= 11 is 0. The smallest absolute Gasteiger partial charge is 0.344 e. The Hall–Kier alpha value is -2.10. The molecule has 0 unspecified atom stereocenters. The SMILES string of the molecule is CCCCCCCCNC(=O)c1cc2ccccc2c(=O)o1. The Labute approximate surface area is 130 Å². The number of fused-ring (bicyclic) bond motifs is 1. The second-order valence-corrected chi connectivity index (χ2v) is 5.51. The molecule has 0 aliphatic heterocycles. The van der Waals surface area contributed by atoms with Gasteiger partial charge in [-0.1, -0.05) is 57.2 Å². The number of benzene rings is 1. The highest BCUT2D eigenvalue weighted by atomic mass is 16.4. The topological polar surface area (TPSA) is 59.3 Å². The highest BCUT2D eigenvalue weighted by Crippen LogP contribution is 2.11. The molecule has 0 saturated heterocycles. The summed E-state index contributed by atoms with van der Waals surface area (Å²) in [6, 6.07) is 8.72. The van der Waals surface area contributed by atoms with Crippen LogP contribution in [-0.4, -0.2) is 12.5 Å². The van der Waals surface area contributed by atoms with Gasteiger partial charge >= 0.3 is 5.63 Å². The molecule has 1 aromatic heterocycles. The quantitative estimate of drug-likeness (QED) is 0.753. The molecule has 0 spiro atoms. The fourth-order valence-corrected chi connectivity index (χ4v) is 2.44. The Morgan fingerprint density at radius 2 is 1.82 bits per heavy atom. The highest BCUT2D eigenvalue weighted by Gasteiger charge is 2.11. The molecule has 2 rings (SSSR count). The van der Waals surface area contributed by atoms with E-state index < -0.39 is 5.63 Å². The average Bonchev–Trinajstić information content (AvgIpc) is 2.54. The lowest BCUT2D eigenvalue weighted by Crippen LogP contribution is -2.25. The Balaban J connectivity index is 1.86. The van der Waals surface area contributed by atoms with Gasteiger partial charge in [-0.2, -0.15) is 0 Å². The van der Waals surface area contributed by atoms with Gasteiger partial charge in [0.15, 0.2) is 5.76 Å². The van der Waals surface area contributed by atoms with Crippen LogP contribution in [0.2, 0.25) is 0 Å². The van der Waals surface area contributed by atoms with E-state index in [0.29, 0.717) is 11.9 Å². The van der Waals surface area contributed by atoms with Crippen molar-refractivity contribution < 1.29 is 9.21 Å². The van der Waals surface area contributed by atoms with Crippen LogP contribution < -0.4 is 10.9 Å². The van der Waals surface area contributed by atoms with E-state index in [1.165, 1.54) is 25.7 Å². The number of rotatable bonds is 8. The van der Waals surface area contributed by atoms with Crippen LogP contribution in [0.4, 0.5) is 0 Å². The molecule has 0 aliphatic rings.